The molecule has 3 rings (SSSR count). The molecule has 152 valence electrons. The van der Waals surface area contributed by atoms with Crippen molar-refractivity contribution >= 4 is 15.6 Å². The molecule has 0 aliphatic carbocycles. The predicted octanol–water partition coefficient (Wildman–Crippen LogP) is 3.23. The molecule has 0 aliphatic heterocycles. The second-order valence-electron chi connectivity index (χ2n) is 6.61. The maximum absolute atomic E-state index is 13.1. The predicted molar refractivity (Wildman–Crippen MR) is 109 cm³/mol. The summed E-state index contributed by atoms with van der Waals surface area (Å²) in [6, 6.07) is 9.91. The quantitative estimate of drug-likeness (QED) is 0.622. The largest absolute Gasteiger partial charge is 0.496 e. The molecule has 0 spiro atoms. The van der Waals surface area contributed by atoms with Gasteiger partial charge in [0.15, 0.2) is 15.6 Å². The molecule has 3 aromatic rings. The van der Waals surface area contributed by atoms with Crippen LogP contribution in [0.2, 0.25) is 0 Å². The molecule has 0 saturated heterocycles. The summed E-state index contributed by atoms with van der Waals surface area (Å²) in [6.45, 7) is 3.90. The van der Waals surface area contributed by atoms with E-state index in [-0.39, 0.29) is 21.9 Å². The van der Waals surface area contributed by atoms with Crippen molar-refractivity contribution < 1.29 is 23.1 Å². The van der Waals surface area contributed by atoms with E-state index in [1.54, 1.807) is 38.1 Å². The summed E-state index contributed by atoms with van der Waals surface area (Å²) in [4.78, 5) is 13.2. The van der Waals surface area contributed by atoms with Crippen LogP contribution in [0.4, 0.5) is 0 Å². The zero-order chi connectivity index (χ0) is 21.3. The van der Waals surface area contributed by atoms with Crippen LogP contribution in [-0.2, 0) is 16.4 Å². The van der Waals surface area contributed by atoms with E-state index in [4.69, 9.17) is 4.74 Å². The Morgan fingerprint density at radius 3 is 2.45 bits per heavy atom. The lowest BCUT2D eigenvalue weighted by molar-refractivity contribution is 0.103. The van der Waals surface area contributed by atoms with E-state index in [1.165, 1.54) is 30.1 Å². The monoisotopic (exact) mass is 414 g/mol. The van der Waals surface area contributed by atoms with Gasteiger partial charge < -0.3 is 9.84 Å². The Bertz CT molecular complexity index is 1200. The van der Waals surface area contributed by atoms with Crippen LogP contribution in [-0.4, -0.2) is 42.5 Å². The first-order chi connectivity index (χ1) is 13.7. The molecule has 0 saturated carbocycles. The number of hydrogen-bond acceptors (Lipinski definition) is 6. The van der Waals surface area contributed by atoms with Crippen LogP contribution in [0.15, 0.2) is 47.5 Å². The molecular formula is C21H22N2O5S. The van der Waals surface area contributed by atoms with E-state index in [9.17, 15) is 18.3 Å². The number of aromatic hydroxyl groups is 1. The Hall–Kier alpha value is -3.13. The summed E-state index contributed by atoms with van der Waals surface area (Å²) >= 11 is 0. The highest BCUT2D eigenvalue weighted by atomic mass is 32.2. The van der Waals surface area contributed by atoms with Crippen LogP contribution in [0, 0.1) is 6.92 Å². The number of para-hydroxylation sites is 1. The molecule has 0 bridgehead atoms. The fraction of sp³-hybridized carbons (Fsp3) is 0.238. The number of aromatic nitrogens is 2. The molecule has 1 N–H and O–H groups in total. The second kappa shape index (κ2) is 7.71. The van der Waals surface area contributed by atoms with Crippen molar-refractivity contribution in [1.82, 2.24) is 9.78 Å². The van der Waals surface area contributed by atoms with Gasteiger partial charge in [0.1, 0.15) is 11.3 Å². The smallest absolute Gasteiger partial charge is 0.220 e. The van der Waals surface area contributed by atoms with Gasteiger partial charge in [0.2, 0.25) is 5.88 Å². The SMILES string of the molecule is CCn1ncc(C(=O)c2ccc(S(C)(=O)=O)c(-c3ccccc3OC)c2C)c1O. The van der Waals surface area contributed by atoms with Crippen LogP contribution in [0.5, 0.6) is 11.6 Å². The van der Waals surface area contributed by atoms with Crippen molar-refractivity contribution in [2.75, 3.05) is 13.4 Å². The number of carbonyl (C=O) groups is 1. The highest BCUT2D eigenvalue weighted by Crippen LogP contribution is 2.38. The van der Waals surface area contributed by atoms with Crippen LogP contribution in [0.1, 0.15) is 28.4 Å². The number of hydrogen-bond donors (Lipinski definition) is 1. The average Bonchev–Trinajstić information content (AvgIpc) is 3.07. The third kappa shape index (κ3) is 3.63. The minimum absolute atomic E-state index is 0.0630. The van der Waals surface area contributed by atoms with Gasteiger partial charge in [-0.3, -0.25) is 4.79 Å². The summed E-state index contributed by atoms with van der Waals surface area (Å²) < 4.78 is 31.6. The fourth-order valence-electron chi connectivity index (χ4n) is 3.34. The van der Waals surface area contributed by atoms with Crippen LogP contribution >= 0.6 is 0 Å². The summed E-state index contributed by atoms with van der Waals surface area (Å²) in [5.41, 5.74) is 1.79. The summed E-state index contributed by atoms with van der Waals surface area (Å²) in [5.74, 6) is -0.162. The number of methoxy groups -OCH3 is 1. The topological polar surface area (TPSA) is 98.5 Å². The molecule has 0 aliphatic rings. The molecule has 2 aromatic carbocycles. The molecule has 0 amide bonds. The van der Waals surface area contributed by atoms with E-state index in [2.05, 4.69) is 5.10 Å². The van der Waals surface area contributed by atoms with Gasteiger partial charge in [-0.1, -0.05) is 18.2 Å². The molecule has 1 aromatic heterocycles. The van der Waals surface area contributed by atoms with Gasteiger partial charge in [0.25, 0.3) is 0 Å². The van der Waals surface area contributed by atoms with Gasteiger partial charge in [-0.05, 0) is 37.6 Å². The minimum atomic E-state index is -3.58. The zero-order valence-corrected chi connectivity index (χ0v) is 17.4. The van der Waals surface area contributed by atoms with E-state index in [0.717, 1.165) is 6.26 Å². The second-order valence-corrected chi connectivity index (χ2v) is 8.59. The normalized spacial score (nSPS) is 11.4. The number of rotatable bonds is 6. The Morgan fingerprint density at radius 1 is 1.17 bits per heavy atom. The third-order valence-electron chi connectivity index (χ3n) is 4.80. The van der Waals surface area contributed by atoms with E-state index in [1.807, 2.05) is 0 Å². The van der Waals surface area contributed by atoms with Gasteiger partial charge in [0, 0.05) is 29.5 Å². The van der Waals surface area contributed by atoms with Gasteiger partial charge in [-0.2, -0.15) is 5.10 Å². The molecule has 29 heavy (non-hydrogen) atoms. The highest BCUT2D eigenvalue weighted by molar-refractivity contribution is 7.90. The summed E-state index contributed by atoms with van der Waals surface area (Å²) in [5, 5.41) is 14.3. The van der Waals surface area contributed by atoms with Crippen LogP contribution in [0.3, 0.4) is 0 Å². The lowest BCUT2D eigenvalue weighted by atomic mass is 9.92. The van der Waals surface area contributed by atoms with Gasteiger partial charge in [-0.25, -0.2) is 13.1 Å². The molecule has 0 unspecified atom stereocenters. The van der Waals surface area contributed by atoms with Crippen molar-refractivity contribution in [3.8, 4) is 22.8 Å². The van der Waals surface area contributed by atoms with Gasteiger partial charge >= 0.3 is 0 Å². The molecule has 7 nitrogen and oxygen atoms in total. The minimum Gasteiger partial charge on any atom is -0.496 e. The summed E-state index contributed by atoms with van der Waals surface area (Å²) in [6.07, 6.45) is 2.44. The van der Waals surface area contributed by atoms with Gasteiger partial charge in [-0.15, -0.1) is 0 Å². The van der Waals surface area contributed by atoms with E-state index < -0.39 is 15.6 Å². The third-order valence-corrected chi connectivity index (χ3v) is 5.94. The molecule has 1 heterocycles. The molecule has 8 heteroatoms. The van der Waals surface area contributed by atoms with Crippen LogP contribution < -0.4 is 4.74 Å². The molecular weight excluding hydrogens is 392 g/mol. The first kappa shape index (κ1) is 20.6. The molecule has 0 atom stereocenters. The van der Waals surface area contributed by atoms with E-state index >= 15 is 0 Å². The number of ketones is 1. The van der Waals surface area contributed by atoms with Crippen molar-refractivity contribution in [2.24, 2.45) is 0 Å². The Morgan fingerprint density at radius 2 is 1.86 bits per heavy atom. The number of aryl methyl sites for hydroxylation is 1. The molecule has 0 radical (unpaired) electrons. The first-order valence-electron chi connectivity index (χ1n) is 8.97. The maximum atomic E-state index is 13.1. The zero-order valence-electron chi connectivity index (χ0n) is 16.6. The highest BCUT2D eigenvalue weighted by Gasteiger charge is 2.26. The fourth-order valence-corrected chi connectivity index (χ4v) is 4.29. The lowest BCUT2D eigenvalue weighted by Gasteiger charge is -2.17. The Kier molecular flexibility index (Phi) is 5.48. The summed E-state index contributed by atoms with van der Waals surface area (Å²) in [7, 11) is -2.08. The number of nitrogens with zero attached hydrogens (tertiary/aromatic N) is 2. The van der Waals surface area contributed by atoms with Crippen molar-refractivity contribution in [3.05, 3.63) is 59.3 Å². The maximum Gasteiger partial charge on any atom is 0.220 e. The Balaban J connectivity index is 2.30. The molecule has 0 fully saturated rings. The standard InChI is InChI=1S/C21H22N2O5S/c1-5-23-21(25)16(12-22-23)20(24)14-10-11-18(29(4,26)27)19(13(14)2)15-8-6-7-9-17(15)28-3/h6-12,25H,5H2,1-4H3. The van der Waals surface area contributed by atoms with Crippen molar-refractivity contribution in [2.45, 2.75) is 25.3 Å². The Labute approximate surface area is 169 Å². The average molecular weight is 414 g/mol. The van der Waals surface area contributed by atoms with Crippen molar-refractivity contribution in [1.29, 1.82) is 0 Å². The first-order valence-corrected chi connectivity index (χ1v) is 10.9. The number of ether oxygens (including phenoxy) is 1. The van der Waals surface area contributed by atoms with E-state index in [0.29, 0.717) is 29.0 Å². The lowest BCUT2D eigenvalue weighted by Crippen LogP contribution is -2.09. The number of carbonyl (C=O) groups excluding carboxylic acids is 1. The van der Waals surface area contributed by atoms with Gasteiger partial charge in [0.05, 0.1) is 18.2 Å². The number of sulfone groups is 1. The van der Waals surface area contributed by atoms with Crippen molar-refractivity contribution in [3.63, 3.8) is 0 Å². The van der Waals surface area contributed by atoms with Crippen LogP contribution in [0.25, 0.3) is 11.1 Å². The number of benzene rings is 2.